The summed E-state index contributed by atoms with van der Waals surface area (Å²) in [5.41, 5.74) is 2.26. The van der Waals surface area contributed by atoms with E-state index >= 15 is 0 Å². The molecule has 0 bridgehead atoms. The zero-order chi connectivity index (χ0) is 18.4. The number of likely N-dealkylation sites (N-methyl/N-ethyl adjacent to an activating group) is 1. The van der Waals surface area contributed by atoms with Crippen LogP contribution < -0.4 is 4.74 Å². The number of aryl methyl sites for hydroxylation is 1. The van der Waals surface area contributed by atoms with Crippen LogP contribution in [0.1, 0.15) is 17.5 Å². The zero-order valence-corrected chi connectivity index (χ0v) is 16.8. The molecule has 0 saturated carbocycles. The molecule has 26 heavy (non-hydrogen) atoms. The highest BCUT2D eigenvalue weighted by Crippen LogP contribution is 2.35. The van der Waals surface area contributed by atoms with Crippen molar-refractivity contribution in [1.82, 2.24) is 9.80 Å². The second-order valence-electron chi connectivity index (χ2n) is 6.91. The van der Waals surface area contributed by atoms with Crippen molar-refractivity contribution in [2.45, 2.75) is 19.4 Å². The summed E-state index contributed by atoms with van der Waals surface area (Å²) < 4.78 is 5.84. The van der Waals surface area contributed by atoms with Gasteiger partial charge in [-0.05, 0) is 49.7 Å². The van der Waals surface area contributed by atoms with Crippen molar-refractivity contribution in [2.75, 3.05) is 39.8 Å². The lowest BCUT2D eigenvalue weighted by Crippen LogP contribution is -2.44. The van der Waals surface area contributed by atoms with E-state index in [1.54, 1.807) is 0 Å². The minimum Gasteiger partial charge on any atom is -0.486 e. The fourth-order valence-corrected chi connectivity index (χ4v) is 3.84. The first kappa shape index (κ1) is 19.5. The van der Waals surface area contributed by atoms with Gasteiger partial charge >= 0.3 is 0 Å². The summed E-state index contributed by atoms with van der Waals surface area (Å²) in [5.74, 6) is 0.569. The highest BCUT2D eigenvalue weighted by molar-refractivity contribution is 6.37. The Labute approximate surface area is 166 Å². The summed E-state index contributed by atoms with van der Waals surface area (Å²) in [5, 5.41) is 1.17. The smallest absolute Gasteiger partial charge is 0.156 e. The van der Waals surface area contributed by atoms with E-state index in [2.05, 4.69) is 16.8 Å². The van der Waals surface area contributed by atoms with Crippen LogP contribution in [0.5, 0.6) is 5.75 Å². The maximum Gasteiger partial charge on any atom is 0.156 e. The van der Waals surface area contributed by atoms with Crippen molar-refractivity contribution in [3.05, 3.63) is 63.6 Å². The van der Waals surface area contributed by atoms with Crippen LogP contribution in [0, 0.1) is 0 Å². The van der Waals surface area contributed by atoms with Crippen LogP contribution in [0.4, 0.5) is 0 Å². The largest absolute Gasteiger partial charge is 0.486 e. The monoisotopic (exact) mass is 392 g/mol. The number of piperazine rings is 1. The minimum atomic E-state index is 0.461. The van der Waals surface area contributed by atoms with Gasteiger partial charge in [-0.2, -0.15) is 0 Å². The van der Waals surface area contributed by atoms with Gasteiger partial charge in [-0.25, -0.2) is 0 Å². The van der Waals surface area contributed by atoms with Crippen LogP contribution in [-0.2, 0) is 13.0 Å². The minimum absolute atomic E-state index is 0.461. The van der Waals surface area contributed by atoms with Crippen LogP contribution in [0.15, 0.2) is 42.5 Å². The Bertz CT molecular complexity index is 677. The summed E-state index contributed by atoms with van der Waals surface area (Å²) in [6.07, 6.45) is 2.09. The van der Waals surface area contributed by atoms with Crippen molar-refractivity contribution in [2.24, 2.45) is 0 Å². The van der Waals surface area contributed by atoms with Crippen molar-refractivity contribution < 1.29 is 4.74 Å². The predicted molar refractivity (Wildman–Crippen MR) is 109 cm³/mol. The number of ether oxygens (including phenoxy) is 1. The molecule has 2 aromatic rings. The van der Waals surface area contributed by atoms with Crippen molar-refractivity contribution in [3.8, 4) is 5.75 Å². The third-order valence-corrected chi connectivity index (χ3v) is 5.38. The van der Waals surface area contributed by atoms with Gasteiger partial charge in [0, 0.05) is 26.2 Å². The van der Waals surface area contributed by atoms with E-state index in [-0.39, 0.29) is 0 Å². The fraction of sp³-hybridized carbons (Fsp3) is 0.429. The Kier molecular flexibility index (Phi) is 7.21. The SMILES string of the molecule is CN1CCN(CCCc2cc(Cl)c(OCc3ccccc3)c(Cl)c2)CC1. The van der Waals surface area contributed by atoms with Gasteiger partial charge in [0.1, 0.15) is 6.61 Å². The average Bonchev–Trinajstić information content (AvgIpc) is 2.63. The van der Waals surface area contributed by atoms with Gasteiger partial charge in [-0.1, -0.05) is 53.5 Å². The first-order valence-electron chi connectivity index (χ1n) is 9.17. The van der Waals surface area contributed by atoms with Crippen LogP contribution in [0.3, 0.4) is 0 Å². The second kappa shape index (κ2) is 9.61. The number of hydrogen-bond acceptors (Lipinski definition) is 3. The maximum atomic E-state index is 6.42. The molecule has 140 valence electrons. The molecule has 0 spiro atoms. The van der Waals surface area contributed by atoms with Crippen LogP contribution in [0.25, 0.3) is 0 Å². The topological polar surface area (TPSA) is 15.7 Å². The lowest BCUT2D eigenvalue weighted by molar-refractivity contribution is 0.153. The van der Waals surface area contributed by atoms with Gasteiger partial charge in [0.25, 0.3) is 0 Å². The summed E-state index contributed by atoms with van der Waals surface area (Å²) >= 11 is 12.8. The Morgan fingerprint density at radius 2 is 1.58 bits per heavy atom. The van der Waals surface area contributed by atoms with Crippen LogP contribution in [0.2, 0.25) is 10.0 Å². The average molecular weight is 393 g/mol. The quantitative estimate of drug-likeness (QED) is 0.675. The Morgan fingerprint density at radius 3 is 2.23 bits per heavy atom. The predicted octanol–water partition coefficient (Wildman–Crippen LogP) is 4.75. The van der Waals surface area contributed by atoms with E-state index in [1.165, 1.54) is 5.56 Å². The lowest BCUT2D eigenvalue weighted by Gasteiger charge is -2.32. The van der Waals surface area contributed by atoms with E-state index in [0.29, 0.717) is 22.4 Å². The van der Waals surface area contributed by atoms with E-state index in [0.717, 1.165) is 51.1 Å². The zero-order valence-electron chi connectivity index (χ0n) is 15.3. The summed E-state index contributed by atoms with van der Waals surface area (Å²) in [6, 6.07) is 14.0. The number of rotatable bonds is 7. The molecule has 3 nitrogen and oxygen atoms in total. The highest BCUT2D eigenvalue weighted by atomic mass is 35.5. The van der Waals surface area contributed by atoms with Crippen molar-refractivity contribution >= 4 is 23.2 Å². The first-order valence-corrected chi connectivity index (χ1v) is 9.93. The standard InChI is InChI=1S/C21H26Cl2N2O/c1-24-10-12-25(13-11-24)9-5-8-18-14-19(22)21(20(23)15-18)26-16-17-6-3-2-4-7-17/h2-4,6-7,14-15H,5,8-13,16H2,1H3. The van der Waals surface area contributed by atoms with Crippen LogP contribution in [-0.4, -0.2) is 49.6 Å². The van der Waals surface area contributed by atoms with Gasteiger partial charge in [-0.3, -0.25) is 0 Å². The second-order valence-corrected chi connectivity index (χ2v) is 7.73. The Balaban J connectivity index is 1.51. The first-order chi connectivity index (χ1) is 12.6. The van der Waals surface area contributed by atoms with Crippen molar-refractivity contribution in [3.63, 3.8) is 0 Å². The molecule has 0 atom stereocenters. The number of benzene rings is 2. The molecule has 1 aliphatic rings. The van der Waals surface area contributed by atoms with E-state index < -0.39 is 0 Å². The molecule has 1 heterocycles. The van der Waals surface area contributed by atoms with E-state index in [9.17, 15) is 0 Å². The molecule has 1 saturated heterocycles. The van der Waals surface area contributed by atoms with Crippen LogP contribution >= 0.6 is 23.2 Å². The third kappa shape index (κ3) is 5.62. The third-order valence-electron chi connectivity index (χ3n) is 4.82. The molecule has 0 radical (unpaired) electrons. The summed E-state index contributed by atoms with van der Waals surface area (Å²) in [7, 11) is 2.18. The number of halogens is 2. The van der Waals surface area contributed by atoms with E-state index in [4.69, 9.17) is 27.9 Å². The van der Waals surface area contributed by atoms with Gasteiger partial charge < -0.3 is 14.5 Å². The van der Waals surface area contributed by atoms with Gasteiger partial charge in [0.05, 0.1) is 10.0 Å². The number of nitrogens with zero attached hydrogens (tertiary/aromatic N) is 2. The Morgan fingerprint density at radius 1 is 0.923 bits per heavy atom. The summed E-state index contributed by atoms with van der Waals surface area (Å²) in [6.45, 7) is 6.21. The molecule has 1 aliphatic heterocycles. The van der Waals surface area contributed by atoms with Gasteiger partial charge in [0.15, 0.2) is 5.75 Å². The lowest BCUT2D eigenvalue weighted by atomic mass is 10.1. The fourth-order valence-electron chi connectivity index (χ4n) is 3.20. The molecule has 3 rings (SSSR count). The van der Waals surface area contributed by atoms with Gasteiger partial charge in [-0.15, -0.1) is 0 Å². The van der Waals surface area contributed by atoms with Gasteiger partial charge in [0.2, 0.25) is 0 Å². The Hall–Kier alpha value is -1.26. The van der Waals surface area contributed by atoms with E-state index in [1.807, 2.05) is 42.5 Å². The van der Waals surface area contributed by atoms with Crippen molar-refractivity contribution in [1.29, 1.82) is 0 Å². The molecule has 0 N–H and O–H groups in total. The molecular weight excluding hydrogens is 367 g/mol. The molecule has 1 fully saturated rings. The molecule has 0 amide bonds. The number of hydrogen-bond donors (Lipinski definition) is 0. The highest BCUT2D eigenvalue weighted by Gasteiger charge is 2.14. The molecule has 0 unspecified atom stereocenters. The molecule has 2 aromatic carbocycles. The maximum absolute atomic E-state index is 6.42. The molecule has 5 heteroatoms. The molecule has 0 aromatic heterocycles. The normalized spacial score (nSPS) is 16.0. The molecular formula is C21H26Cl2N2O. The molecule has 0 aliphatic carbocycles. The summed E-state index contributed by atoms with van der Waals surface area (Å²) in [4.78, 5) is 4.91.